The van der Waals surface area contributed by atoms with Crippen LogP contribution in [0, 0.1) is 11.3 Å². The summed E-state index contributed by atoms with van der Waals surface area (Å²) >= 11 is 0. The van der Waals surface area contributed by atoms with Crippen molar-refractivity contribution < 1.29 is 19.1 Å². The minimum atomic E-state index is -0.623. The molecule has 0 aromatic heterocycles. The molecule has 8 nitrogen and oxygen atoms in total. The van der Waals surface area contributed by atoms with Crippen molar-refractivity contribution in [2.75, 3.05) is 19.6 Å². The van der Waals surface area contributed by atoms with Crippen molar-refractivity contribution in [2.24, 2.45) is 5.92 Å². The molecule has 3 N–H and O–H groups in total. The second-order valence-electron chi connectivity index (χ2n) is 8.18. The van der Waals surface area contributed by atoms with Gasteiger partial charge in [-0.25, -0.2) is 9.59 Å². The maximum Gasteiger partial charge on any atom is 0.414 e. The van der Waals surface area contributed by atoms with Gasteiger partial charge < -0.3 is 19.7 Å². The number of hydrogen-bond donors (Lipinski definition) is 3. The molecule has 1 aromatic carbocycles. The average molecular weight is 405 g/mol. The highest BCUT2D eigenvalue weighted by Crippen LogP contribution is 2.20. The Bertz CT molecular complexity index is 680. The Morgan fingerprint density at radius 3 is 2.41 bits per heavy atom. The molecule has 0 atom stereocenters. The third kappa shape index (κ3) is 8.85. The molecule has 1 aliphatic heterocycles. The molecule has 0 aliphatic carbocycles. The number of nitrogens with one attached hydrogen (secondary N) is 3. The van der Waals surface area contributed by atoms with Gasteiger partial charge in [-0.2, -0.15) is 0 Å². The zero-order chi connectivity index (χ0) is 21.3. The summed E-state index contributed by atoms with van der Waals surface area (Å²) in [7, 11) is 0. The molecule has 0 spiro atoms. The lowest BCUT2D eigenvalue weighted by atomic mass is 9.94. The SMILES string of the molecule is CC(C)(C)OC(=O)NCCC1CCN(C(=N)NC(=O)OCc2ccccc2)CC1. The van der Waals surface area contributed by atoms with E-state index in [-0.39, 0.29) is 12.6 Å². The molecular formula is C21H32N4O4. The average Bonchev–Trinajstić information content (AvgIpc) is 2.66. The number of amides is 2. The maximum absolute atomic E-state index is 11.9. The number of carbonyl (C=O) groups is 2. The molecule has 29 heavy (non-hydrogen) atoms. The van der Waals surface area contributed by atoms with Crippen LogP contribution in [0.5, 0.6) is 0 Å². The van der Waals surface area contributed by atoms with Gasteiger partial charge in [-0.15, -0.1) is 0 Å². The lowest BCUT2D eigenvalue weighted by molar-refractivity contribution is 0.0523. The Hall–Kier alpha value is -2.77. The van der Waals surface area contributed by atoms with Crippen LogP contribution in [0.4, 0.5) is 9.59 Å². The lowest BCUT2D eigenvalue weighted by Crippen LogP contribution is -2.47. The van der Waals surface area contributed by atoms with Gasteiger partial charge in [0.05, 0.1) is 0 Å². The van der Waals surface area contributed by atoms with Crippen molar-refractivity contribution in [3.63, 3.8) is 0 Å². The highest BCUT2D eigenvalue weighted by Gasteiger charge is 2.22. The Morgan fingerprint density at radius 2 is 1.79 bits per heavy atom. The van der Waals surface area contributed by atoms with Gasteiger partial charge in [0.1, 0.15) is 12.2 Å². The predicted octanol–water partition coefficient (Wildman–Crippen LogP) is 3.47. The summed E-state index contributed by atoms with van der Waals surface area (Å²) in [6.45, 7) is 7.63. The first-order valence-electron chi connectivity index (χ1n) is 10.0. The van der Waals surface area contributed by atoms with Crippen molar-refractivity contribution in [1.29, 1.82) is 5.41 Å². The Labute approximate surface area is 172 Å². The Morgan fingerprint density at radius 1 is 1.14 bits per heavy atom. The summed E-state index contributed by atoms with van der Waals surface area (Å²) in [6.07, 6.45) is 1.66. The fourth-order valence-electron chi connectivity index (χ4n) is 3.07. The van der Waals surface area contributed by atoms with Gasteiger partial charge in [0.15, 0.2) is 0 Å². The van der Waals surface area contributed by atoms with Crippen LogP contribution >= 0.6 is 0 Å². The van der Waals surface area contributed by atoms with E-state index in [1.807, 2.05) is 56.0 Å². The number of likely N-dealkylation sites (tertiary alicyclic amines) is 1. The van der Waals surface area contributed by atoms with Crippen LogP contribution in [-0.2, 0) is 16.1 Å². The monoisotopic (exact) mass is 404 g/mol. The van der Waals surface area contributed by atoms with Crippen LogP contribution in [-0.4, -0.2) is 48.3 Å². The molecule has 0 saturated carbocycles. The van der Waals surface area contributed by atoms with Gasteiger partial charge in [0, 0.05) is 19.6 Å². The molecule has 160 valence electrons. The summed E-state index contributed by atoms with van der Waals surface area (Å²) in [5.41, 5.74) is 0.403. The first-order valence-corrected chi connectivity index (χ1v) is 10.0. The molecule has 0 bridgehead atoms. The summed E-state index contributed by atoms with van der Waals surface area (Å²) in [5.74, 6) is 0.535. The third-order valence-corrected chi connectivity index (χ3v) is 4.58. The minimum absolute atomic E-state index is 0.0633. The molecule has 2 rings (SSSR count). The van der Waals surface area contributed by atoms with E-state index in [1.165, 1.54) is 0 Å². The summed E-state index contributed by atoms with van der Waals surface area (Å²) < 4.78 is 10.4. The van der Waals surface area contributed by atoms with Gasteiger partial charge in [-0.1, -0.05) is 30.3 Å². The fraction of sp³-hybridized carbons (Fsp3) is 0.571. The second-order valence-corrected chi connectivity index (χ2v) is 8.18. The summed E-state index contributed by atoms with van der Waals surface area (Å²) in [4.78, 5) is 25.4. The predicted molar refractivity (Wildman–Crippen MR) is 111 cm³/mol. The molecule has 2 amide bonds. The number of nitrogens with zero attached hydrogens (tertiary/aromatic N) is 1. The van der Waals surface area contributed by atoms with E-state index >= 15 is 0 Å². The largest absolute Gasteiger partial charge is 0.444 e. The van der Waals surface area contributed by atoms with Crippen LogP contribution in [0.25, 0.3) is 0 Å². The molecule has 0 unspecified atom stereocenters. The third-order valence-electron chi connectivity index (χ3n) is 4.58. The van der Waals surface area contributed by atoms with Crippen LogP contribution < -0.4 is 10.6 Å². The molecule has 1 fully saturated rings. The Balaban J connectivity index is 1.61. The van der Waals surface area contributed by atoms with Gasteiger partial charge in [0.2, 0.25) is 5.96 Å². The van der Waals surface area contributed by atoms with Gasteiger partial charge in [-0.3, -0.25) is 10.7 Å². The second kappa shape index (κ2) is 10.7. The first kappa shape index (κ1) is 22.5. The standard InChI is InChI=1S/C21H32N4O4/c1-21(2,3)29-19(26)23-12-9-16-10-13-25(14-11-16)18(22)24-20(27)28-15-17-7-5-4-6-8-17/h4-8,16H,9-15H2,1-3H3,(H,23,26)(H2,22,24,27). The zero-order valence-corrected chi connectivity index (χ0v) is 17.5. The number of benzene rings is 1. The topological polar surface area (TPSA) is 104 Å². The van der Waals surface area contributed by atoms with Gasteiger partial charge >= 0.3 is 12.2 Å². The van der Waals surface area contributed by atoms with E-state index in [2.05, 4.69) is 10.6 Å². The van der Waals surface area contributed by atoms with Crippen LogP contribution in [0.1, 0.15) is 45.6 Å². The Kier molecular flexibility index (Phi) is 8.30. The summed E-state index contributed by atoms with van der Waals surface area (Å²) in [5, 5.41) is 13.4. The molecule has 8 heteroatoms. The molecule has 1 aliphatic rings. The molecule has 1 heterocycles. The zero-order valence-electron chi connectivity index (χ0n) is 17.5. The van der Waals surface area contributed by atoms with E-state index in [0.717, 1.165) is 24.8 Å². The number of ether oxygens (including phenoxy) is 2. The smallest absolute Gasteiger partial charge is 0.414 e. The van der Waals surface area contributed by atoms with Crippen molar-refractivity contribution >= 4 is 18.1 Å². The van der Waals surface area contributed by atoms with Crippen LogP contribution in [0.15, 0.2) is 30.3 Å². The number of alkyl carbamates (subject to hydrolysis) is 2. The quantitative estimate of drug-likeness (QED) is 0.515. The van der Waals surface area contributed by atoms with Crippen molar-refractivity contribution in [2.45, 2.75) is 52.2 Å². The molecule has 1 aromatic rings. The lowest BCUT2D eigenvalue weighted by Gasteiger charge is -2.33. The molecule has 0 radical (unpaired) electrons. The maximum atomic E-state index is 11.9. The van der Waals surface area contributed by atoms with Gasteiger partial charge in [-0.05, 0) is 51.5 Å². The van der Waals surface area contributed by atoms with Crippen molar-refractivity contribution in [1.82, 2.24) is 15.5 Å². The molecule has 1 saturated heterocycles. The van der Waals surface area contributed by atoms with Crippen LogP contribution in [0.3, 0.4) is 0 Å². The highest BCUT2D eigenvalue weighted by molar-refractivity contribution is 5.92. The van der Waals surface area contributed by atoms with Crippen molar-refractivity contribution in [3.05, 3.63) is 35.9 Å². The van der Waals surface area contributed by atoms with E-state index in [4.69, 9.17) is 14.9 Å². The van der Waals surface area contributed by atoms with E-state index in [9.17, 15) is 9.59 Å². The fourth-order valence-corrected chi connectivity index (χ4v) is 3.07. The number of rotatable bonds is 5. The number of guanidine groups is 1. The van der Waals surface area contributed by atoms with E-state index < -0.39 is 17.8 Å². The number of carbonyl (C=O) groups excluding carboxylic acids is 2. The number of hydrogen-bond acceptors (Lipinski definition) is 5. The molecular weight excluding hydrogens is 372 g/mol. The summed E-state index contributed by atoms with van der Waals surface area (Å²) in [6, 6.07) is 9.41. The van der Waals surface area contributed by atoms with Crippen molar-refractivity contribution in [3.8, 4) is 0 Å². The normalized spacial score (nSPS) is 14.8. The van der Waals surface area contributed by atoms with Crippen LogP contribution in [0.2, 0.25) is 0 Å². The van der Waals surface area contributed by atoms with E-state index in [0.29, 0.717) is 25.6 Å². The first-order chi connectivity index (χ1) is 13.7. The van der Waals surface area contributed by atoms with Gasteiger partial charge in [0.25, 0.3) is 0 Å². The van der Waals surface area contributed by atoms with E-state index in [1.54, 1.807) is 0 Å². The minimum Gasteiger partial charge on any atom is -0.444 e. The highest BCUT2D eigenvalue weighted by atomic mass is 16.6. The number of piperidine rings is 1.